The fourth-order valence-corrected chi connectivity index (χ4v) is 4.85. The number of nitrogens with zero attached hydrogens (tertiary/aromatic N) is 3. The molecule has 3 heterocycles. The third kappa shape index (κ3) is 2.89. The molecule has 1 N–H and O–H groups in total. The molecule has 1 aliphatic rings. The molecular weight excluding hydrogens is 300 g/mol. The zero-order valence-electron chi connectivity index (χ0n) is 13.1. The Balaban J connectivity index is 1.96. The van der Waals surface area contributed by atoms with Crippen molar-refractivity contribution in [2.45, 2.75) is 33.4 Å². The number of fused-ring (bicyclic) bond motifs is 1. The van der Waals surface area contributed by atoms with Gasteiger partial charge >= 0.3 is 0 Å². The van der Waals surface area contributed by atoms with E-state index < -0.39 is 0 Å². The fourth-order valence-electron chi connectivity index (χ4n) is 2.72. The number of hydrogen-bond donors (Lipinski definition) is 1. The standard InChI is InChI=1S/C15H22N4S2/c1-9-8-20-6-5-19(9)7-12-17-14(16-4)13-10(2)11(3)21-15(13)18-12/h9H,5-8H2,1-4H3,(H,16,17,18). The lowest BCUT2D eigenvalue weighted by Gasteiger charge is -2.32. The number of aryl methyl sites for hydroxylation is 2. The van der Waals surface area contributed by atoms with E-state index in [-0.39, 0.29) is 0 Å². The largest absolute Gasteiger partial charge is 0.372 e. The van der Waals surface area contributed by atoms with Crippen molar-refractivity contribution in [1.82, 2.24) is 14.9 Å². The Hall–Kier alpha value is -0.850. The van der Waals surface area contributed by atoms with E-state index in [4.69, 9.17) is 9.97 Å². The molecule has 1 fully saturated rings. The van der Waals surface area contributed by atoms with Gasteiger partial charge in [-0.1, -0.05) is 0 Å². The van der Waals surface area contributed by atoms with Gasteiger partial charge in [0.15, 0.2) is 0 Å². The molecule has 114 valence electrons. The fraction of sp³-hybridized carbons (Fsp3) is 0.600. The summed E-state index contributed by atoms with van der Waals surface area (Å²) >= 11 is 3.81. The SMILES string of the molecule is CNc1nc(CN2CCSCC2C)nc2sc(C)c(C)c12. The van der Waals surface area contributed by atoms with Crippen LogP contribution in [0, 0.1) is 13.8 Å². The maximum Gasteiger partial charge on any atom is 0.146 e. The predicted octanol–water partition coefficient (Wildman–Crippen LogP) is 3.29. The third-order valence-electron chi connectivity index (χ3n) is 4.16. The average Bonchev–Trinajstić information content (AvgIpc) is 2.76. The van der Waals surface area contributed by atoms with Crippen molar-refractivity contribution in [1.29, 1.82) is 0 Å². The van der Waals surface area contributed by atoms with Crippen molar-refractivity contribution in [3.8, 4) is 0 Å². The van der Waals surface area contributed by atoms with Crippen LogP contribution in [0.1, 0.15) is 23.2 Å². The molecular formula is C15H22N4S2. The third-order valence-corrected chi connectivity index (χ3v) is 6.45. The highest BCUT2D eigenvalue weighted by Gasteiger charge is 2.21. The molecule has 21 heavy (non-hydrogen) atoms. The lowest BCUT2D eigenvalue weighted by molar-refractivity contribution is 0.219. The number of rotatable bonds is 3. The molecule has 0 bridgehead atoms. The van der Waals surface area contributed by atoms with Crippen LogP contribution >= 0.6 is 23.1 Å². The average molecular weight is 323 g/mol. The first-order valence-electron chi connectivity index (χ1n) is 7.36. The Kier molecular flexibility index (Phi) is 4.38. The van der Waals surface area contributed by atoms with Crippen molar-refractivity contribution in [2.24, 2.45) is 0 Å². The van der Waals surface area contributed by atoms with Crippen LogP contribution in [0.2, 0.25) is 0 Å². The van der Waals surface area contributed by atoms with Crippen LogP contribution < -0.4 is 5.32 Å². The summed E-state index contributed by atoms with van der Waals surface area (Å²) < 4.78 is 0. The molecule has 1 unspecified atom stereocenters. The Morgan fingerprint density at radius 2 is 2.14 bits per heavy atom. The molecule has 3 rings (SSSR count). The Bertz CT molecular complexity index is 653. The molecule has 0 spiro atoms. The number of anilines is 1. The minimum atomic E-state index is 0.605. The number of aromatic nitrogens is 2. The van der Waals surface area contributed by atoms with Gasteiger partial charge in [-0.3, -0.25) is 4.90 Å². The normalized spacial score (nSPS) is 20.1. The van der Waals surface area contributed by atoms with Crippen LogP contribution in [0.15, 0.2) is 0 Å². The summed E-state index contributed by atoms with van der Waals surface area (Å²) in [6.07, 6.45) is 0. The maximum absolute atomic E-state index is 4.81. The molecule has 0 aliphatic carbocycles. The van der Waals surface area contributed by atoms with Crippen molar-refractivity contribution in [3.05, 3.63) is 16.3 Å². The van der Waals surface area contributed by atoms with Gasteiger partial charge in [0.25, 0.3) is 0 Å². The van der Waals surface area contributed by atoms with Crippen LogP contribution in [0.5, 0.6) is 0 Å². The van der Waals surface area contributed by atoms with Crippen LogP contribution in [-0.2, 0) is 6.54 Å². The summed E-state index contributed by atoms with van der Waals surface area (Å²) in [4.78, 5) is 14.5. The molecule has 1 aliphatic heterocycles. The number of hydrogen-bond acceptors (Lipinski definition) is 6. The van der Waals surface area contributed by atoms with E-state index in [0.29, 0.717) is 6.04 Å². The molecule has 0 aromatic carbocycles. The molecule has 6 heteroatoms. The number of thiophene rings is 1. The minimum absolute atomic E-state index is 0.605. The number of nitrogens with one attached hydrogen (secondary N) is 1. The monoisotopic (exact) mass is 322 g/mol. The minimum Gasteiger partial charge on any atom is -0.372 e. The second kappa shape index (κ2) is 6.10. The summed E-state index contributed by atoms with van der Waals surface area (Å²) in [6, 6.07) is 0.605. The molecule has 2 aromatic rings. The second-order valence-corrected chi connectivity index (χ2v) is 7.95. The topological polar surface area (TPSA) is 41.1 Å². The summed E-state index contributed by atoms with van der Waals surface area (Å²) in [6.45, 7) is 8.59. The molecule has 0 saturated carbocycles. The van der Waals surface area contributed by atoms with Gasteiger partial charge in [-0.25, -0.2) is 9.97 Å². The Morgan fingerprint density at radius 3 is 2.86 bits per heavy atom. The second-order valence-electron chi connectivity index (χ2n) is 5.60. The zero-order chi connectivity index (χ0) is 15.0. The zero-order valence-corrected chi connectivity index (χ0v) is 14.7. The Labute approximate surface area is 134 Å². The first-order valence-corrected chi connectivity index (χ1v) is 9.33. The molecule has 0 radical (unpaired) electrons. The Morgan fingerprint density at radius 1 is 1.33 bits per heavy atom. The highest BCUT2D eigenvalue weighted by Crippen LogP contribution is 2.33. The first kappa shape index (κ1) is 15.1. The molecule has 4 nitrogen and oxygen atoms in total. The van der Waals surface area contributed by atoms with Gasteiger partial charge in [-0.2, -0.15) is 11.8 Å². The number of thioether (sulfide) groups is 1. The van der Waals surface area contributed by atoms with E-state index in [9.17, 15) is 0 Å². The van der Waals surface area contributed by atoms with Crippen LogP contribution in [0.25, 0.3) is 10.2 Å². The van der Waals surface area contributed by atoms with Gasteiger partial charge < -0.3 is 5.32 Å². The predicted molar refractivity (Wildman–Crippen MR) is 93.6 cm³/mol. The van der Waals surface area contributed by atoms with Gasteiger partial charge in [0.05, 0.1) is 11.9 Å². The molecule has 2 aromatic heterocycles. The van der Waals surface area contributed by atoms with Crippen molar-refractivity contribution < 1.29 is 0 Å². The van der Waals surface area contributed by atoms with E-state index >= 15 is 0 Å². The van der Waals surface area contributed by atoms with Gasteiger partial charge in [-0.05, 0) is 26.3 Å². The van der Waals surface area contributed by atoms with Gasteiger partial charge in [-0.15, -0.1) is 11.3 Å². The molecule has 1 atom stereocenters. The van der Waals surface area contributed by atoms with E-state index in [1.54, 1.807) is 11.3 Å². The van der Waals surface area contributed by atoms with E-state index in [2.05, 4.69) is 31.0 Å². The molecule has 0 amide bonds. The van der Waals surface area contributed by atoms with Crippen LogP contribution in [-0.4, -0.2) is 46.0 Å². The summed E-state index contributed by atoms with van der Waals surface area (Å²) in [5, 5.41) is 4.43. The quantitative estimate of drug-likeness (QED) is 0.939. The summed E-state index contributed by atoms with van der Waals surface area (Å²) in [7, 11) is 1.94. The smallest absolute Gasteiger partial charge is 0.146 e. The summed E-state index contributed by atoms with van der Waals surface area (Å²) in [5.41, 5.74) is 1.30. The van der Waals surface area contributed by atoms with Gasteiger partial charge in [0, 0.05) is 36.0 Å². The van der Waals surface area contributed by atoms with Crippen molar-refractivity contribution in [3.63, 3.8) is 0 Å². The maximum atomic E-state index is 4.81. The lowest BCUT2D eigenvalue weighted by atomic mass is 10.2. The highest BCUT2D eigenvalue weighted by atomic mass is 32.2. The lowest BCUT2D eigenvalue weighted by Crippen LogP contribution is -2.40. The first-order chi connectivity index (χ1) is 10.1. The van der Waals surface area contributed by atoms with Crippen molar-refractivity contribution >= 4 is 39.1 Å². The molecule has 1 saturated heterocycles. The van der Waals surface area contributed by atoms with E-state index in [1.807, 2.05) is 18.8 Å². The van der Waals surface area contributed by atoms with Gasteiger partial charge in [0.2, 0.25) is 0 Å². The summed E-state index contributed by atoms with van der Waals surface area (Å²) in [5.74, 6) is 4.32. The van der Waals surface area contributed by atoms with Crippen LogP contribution in [0.4, 0.5) is 5.82 Å². The van der Waals surface area contributed by atoms with E-state index in [0.717, 1.165) is 29.6 Å². The highest BCUT2D eigenvalue weighted by molar-refractivity contribution is 7.99. The van der Waals surface area contributed by atoms with Crippen molar-refractivity contribution in [2.75, 3.05) is 30.4 Å². The van der Waals surface area contributed by atoms with Gasteiger partial charge in [0.1, 0.15) is 16.5 Å². The van der Waals surface area contributed by atoms with E-state index in [1.165, 1.54) is 27.3 Å². The van der Waals surface area contributed by atoms with Crippen LogP contribution in [0.3, 0.4) is 0 Å².